The highest BCUT2D eigenvalue weighted by Crippen LogP contribution is 2.64. The van der Waals surface area contributed by atoms with Crippen molar-refractivity contribution in [2.24, 2.45) is 0 Å². The number of rotatable bonds is 7. The number of allylic oxidation sites excluding steroid dienone is 2. The first-order valence-corrected chi connectivity index (χ1v) is 6.66. The van der Waals surface area contributed by atoms with E-state index in [1.807, 2.05) is 0 Å². The summed E-state index contributed by atoms with van der Waals surface area (Å²) in [5, 5.41) is 0. The van der Waals surface area contributed by atoms with Crippen LogP contribution in [0, 0.1) is 0 Å². The maximum atomic E-state index is 13.2. The molecule has 0 rings (SSSR count). The average Bonchev–Trinajstić information content (AvgIpc) is 2.57. The summed E-state index contributed by atoms with van der Waals surface area (Å²) in [6.45, 7) is 0. The Balaban J connectivity index is 7.03. The van der Waals surface area contributed by atoms with Crippen LogP contribution in [0.1, 0.15) is 0 Å². The van der Waals surface area contributed by atoms with Crippen LogP contribution in [0.25, 0.3) is 0 Å². The average molecular weight is 550 g/mol. The predicted octanol–water partition coefficient (Wildman–Crippen LogP) is 7.71. The van der Waals surface area contributed by atoms with E-state index in [1.54, 1.807) is 0 Å². The molecule has 0 aromatic heterocycles. The van der Waals surface area contributed by atoms with Crippen molar-refractivity contribution in [3.63, 3.8) is 0 Å². The largest absolute Gasteiger partial charge is 0.460 e. The monoisotopic (exact) mass is 550 g/mol. The summed E-state index contributed by atoms with van der Waals surface area (Å²) in [4.78, 5) is 0. The molecular weight excluding hydrogens is 550 g/mol. The lowest BCUT2D eigenvalue weighted by atomic mass is 9.88. The standard InChI is InChI=1S/C11F22/c12-1(2(13)4(16,17)18)3(14,15)5(19,20)6(21,22)7(23,24)8(25,26)9(27,28)10(29,30)11(31,32)33. The Morgan fingerprint density at radius 1 is 0.303 bits per heavy atom. The Bertz CT molecular complexity index is 758. The SMILES string of the molecule is FC(=C(F)C(F)(F)C(F)(F)C(F)(F)C(F)(F)C(F)(F)C(F)(F)C(F)(F)C(F)(F)F)C(F)(F)F. The summed E-state index contributed by atoms with van der Waals surface area (Å²) in [5.74, 6) is -72.0. The second kappa shape index (κ2) is 7.60. The summed E-state index contributed by atoms with van der Waals surface area (Å²) in [7, 11) is 0. The van der Waals surface area contributed by atoms with Crippen LogP contribution in [0.15, 0.2) is 11.7 Å². The third kappa shape index (κ3) is 4.03. The minimum absolute atomic E-state index is 5.05. The Kier molecular flexibility index (Phi) is 7.19. The lowest BCUT2D eigenvalue weighted by Crippen LogP contribution is -2.74. The van der Waals surface area contributed by atoms with E-state index in [9.17, 15) is 96.6 Å². The zero-order valence-corrected chi connectivity index (χ0v) is 13.8. The van der Waals surface area contributed by atoms with E-state index < -0.39 is 65.5 Å². The van der Waals surface area contributed by atoms with Gasteiger partial charge in [0.15, 0.2) is 0 Å². The van der Waals surface area contributed by atoms with Crippen LogP contribution >= 0.6 is 0 Å². The Hall–Kier alpha value is -1.80. The zero-order valence-electron chi connectivity index (χ0n) is 13.8. The molecule has 22 heteroatoms. The van der Waals surface area contributed by atoms with Crippen LogP contribution < -0.4 is 0 Å². The van der Waals surface area contributed by atoms with Crippen LogP contribution in [-0.2, 0) is 0 Å². The molecule has 0 heterocycles. The molecular formula is C11F22. The van der Waals surface area contributed by atoms with E-state index in [2.05, 4.69) is 0 Å². The second-order valence-electron chi connectivity index (χ2n) is 5.64. The molecule has 0 bridgehead atoms. The van der Waals surface area contributed by atoms with Crippen LogP contribution in [0.4, 0.5) is 96.6 Å². The van der Waals surface area contributed by atoms with E-state index in [0.717, 1.165) is 0 Å². The molecule has 0 saturated carbocycles. The van der Waals surface area contributed by atoms with Gasteiger partial charge in [0, 0.05) is 0 Å². The molecule has 0 aliphatic rings. The highest BCUT2D eigenvalue weighted by Gasteiger charge is 2.95. The van der Waals surface area contributed by atoms with Crippen molar-refractivity contribution in [2.45, 2.75) is 53.8 Å². The first-order valence-electron chi connectivity index (χ1n) is 6.66. The molecule has 0 aromatic rings. The number of halogens is 22. The number of hydrogen-bond acceptors (Lipinski definition) is 0. The summed E-state index contributed by atoms with van der Waals surface area (Å²) < 4.78 is 278. The molecule has 33 heavy (non-hydrogen) atoms. The maximum Gasteiger partial charge on any atom is 0.460 e. The van der Waals surface area contributed by atoms with Crippen molar-refractivity contribution in [3.8, 4) is 0 Å². The maximum absolute atomic E-state index is 13.2. The summed E-state index contributed by atoms with van der Waals surface area (Å²) >= 11 is 0. The van der Waals surface area contributed by atoms with Crippen molar-refractivity contribution in [3.05, 3.63) is 11.7 Å². The van der Waals surface area contributed by atoms with Gasteiger partial charge in [0.2, 0.25) is 11.7 Å². The van der Waals surface area contributed by atoms with Gasteiger partial charge in [0.05, 0.1) is 0 Å². The van der Waals surface area contributed by atoms with E-state index in [0.29, 0.717) is 0 Å². The van der Waals surface area contributed by atoms with Gasteiger partial charge in [-0.3, -0.25) is 0 Å². The Morgan fingerprint density at radius 3 is 0.788 bits per heavy atom. The van der Waals surface area contributed by atoms with Gasteiger partial charge in [-0.1, -0.05) is 0 Å². The highest BCUT2D eigenvalue weighted by atomic mass is 19.4. The Morgan fingerprint density at radius 2 is 0.545 bits per heavy atom. The number of hydrogen-bond donors (Lipinski definition) is 0. The molecule has 0 unspecified atom stereocenters. The second-order valence-corrected chi connectivity index (χ2v) is 5.64. The molecule has 0 aliphatic heterocycles. The molecule has 0 amide bonds. The lowest BCUT2D eigenvalue weighted by molar-refractivity contribution is -0.460. The fourth-order valence-corrected chi connectivity index (χ4v) is 1.56. The highest BCUT2D eigenvalue weighted by molar-refractivity contribution is 5.23. The van der Waals surface area contributed by atoms with Crippen molar-refractivity contribution in [1.29, 1.82) is 0 Å². The normalized spacial score (nSPS) is 17.3. The minimum atomic E-state index is -9.12. The van der Waals surface area contributed by atoms with Crippen LogP contribution in [0.5, 0.6) is 0 Å². The van der Waals surface area contributed by atoms with Gasteiger partial charge in [-0.05, 0) is 0 Å². The van der Waals surface area contributed by atoms with E-state index >= 15 is 0 Å². The molecule has 198 valence electrons. The Labute approximate surface area is 163 Å². The predicted molar refractivity (Wildman–Crippen MR) is 56.0 cm³/mol. The molecule has 0 saturated heterocycles. The zero-order chi connectivity index (χ0) is 27.7. The van der Waals surface area contributed by atoms with Crippen molar-refractivity contribution in [2.75, 3.05) is 0 Å². The van der Waals surface area contributed by atoms with Gasteiger partial charge in [-0.2, -0.15) is 92.2 Å². The van der Waals surface area contributed by atoms with Gasteiger partial charge >= 0.3 is 53.8 Å². The molecule has 0 nitrogen and oxygen atoms in total. The molecule has 0 radical (unpaired) electrons. The van der Waals surface area contributed by atoms with E-state index in [-0.39, 0.29) is 0 Å². The fourth-order valence-electron chi connectivity index (χ4n) is 1.56. The van der Waals surface area contributed by atoms with Gasteiger partial charge < -0.3 is 0 Å². The quantitative estimate of drug-likeness (QED) is 0.285. The van der Waals surface area contributed by atoms with Gasteiger partial charge in [-0.15, -0.1) is 0 Å². The third-order valence-electron chi connectivity index (χ3n) is 3.44. The summed E-state index contributed by atoms with van der Waals surface area (Å²) in [6, 6.07) is 0. The smallest absolute Gasteiger partial charge is 0.202 e. The van der Waals surface area contributed by atoms with E-state index in [1.165, 1.54) is 0 Å². The van der Waals surface area contributed by atoms with Gasteiger partial charge in [0.1, 0.15) is 0 Å². The first kappa shape index (κ1) is 31.2. The molecule has 0 aliphatic carbocycles. The van der Waals surface area contributed by atoms with E-state index in [4.69, 9.17) is 0 Å². The van der Waals surface area contributed by atoms with Crippen molar-refractivity contribution >= 4 is 0 Å². The first-order chi connectivity index (χ1) is 13.8. The minimum Gasteiger partial charge on any atom is -0.202 e. The van der Waals surface area contributed by atoms with Crippen LogP contribution in [0.2, 0.25) is 0 Å². The summed E-state index contributed by atoms with van der Waals surface area (Å²) in [6.07, 6.45) is -15.1. The van der Waals surface area contributed by atoms with Crippen LogP contribution in [-0.4, -0.2) is 53.8 Å². The summed E-state index contributed by atoms with van der Waals surface area (Å²) in [5.41, 5.74) is 0. The van der Waals surface area contributed by atoms with Gasteiger partial charge in [0.25, 0.3) is 0 Å². The molecule has 0 atom stereocenters. The lowest BCUT2D eigenvalue weighted by Gasteiger charge is -2.42. The fraction of sp³-hybridized carbons (Fsp3) is 0.818. The van der Waals surface area contributed by atoms with Gasteiger partial charge in [-0.25, -0.2) is 4.39 Å². The molecule has 0 fully saturated rings. The topological polar surface area (TPSA) is 0 Å². The van der Waals surface area contributed by atoms with Crippen LogP contribution in [0.3, 0.4) is 0 Å². The van der Waals surface area contributed by atoms with Crippen molar-refractivity contribution < 1.29 is 96.6 Å². The van der Waals surface area contributed by atoms with Crippen molar-refractivity contribution in [1.82, 2.24) is 0 Å². The molecule has 0 N–H and O–H groups in total. The molecule has 0 aromatic carbocycles. The third-order valence-corrected chi connectivity index (χ3v) is 3.44. The molecule has 0 spiro atoms. The number of alkyl halides is 20.